The molecule has 2 aromatic rings. The van der Waals surface area contributed by atoms with Crippen LogP contribution >= 0.6 is 0 Å². The molecule has 78 valence electrons. The maximum absolute atomic E-state index is 13.3. The Kier molecular flexibility index (Phi) is 2.40. The van der Waals surface area contributed by atoms with Crippen molar-refractivity contribution in [2.45, 2.75) is 13.0 Å². The Morgan fingerprint density at radius 3 is 2.53 bits per heavy atom. The van der Waals surface area contributed by atoms with Gasteiger partial charge in [0.1, 0.15) is 11.6 Å². The molecule has 1 atom stereocenters. The third-order valence-corrected chi connectivity index (χ3v) is 2.42. The van der Waals surface area contributed by atoms with Gasteiger partial charge in [0.25, 0.3) is 0 Å². The summed E-state index contributed by atoms with van der Waals surface area (Å²) in [6.07, 6.45) is 0. The van der Waals surface area contributed by atoms with Crippen molar-refractivity contribution in [2.24, 2.45) is 5.73 Å². The minimum Gasteiger partial charge on any atom is -0.324 e. The largest absolute Gasteiger partial charge is 0.324 e. The van der Waals surface area contributed by atoms with E-state index in [-0.39, 0.29) is 6.04 Å². The van der Waals surface area contributed by atoms with Crippen LogP contribution in [0.1, 0.15) is 18.5 Å². The molecule has 0 saturated heterocycles. The molecule has 3 heteroatoms. The van der Waals surface area contributed by atoms with Gasteiger partial charge in [-0.2, -0.15) is 0 Å². The van der Waals surface area contributed by atoms with E-state index in [1.165, 1.54) is 6.07 Å². The standard InChI is InChI=1S/C12H11F2N/c1-7(15)8-2-3-11-9(4-8)5-10(13)6-12(11)14/h2-7H,15H2,1H3. The van der Waals surface area contributed by atoms with Gasteiger partial charge in [-0.1, -0.05) is 12.1 Å². The van der Waals surface area contributed by atoms with Crippen LogP contribution in [0.5, 0.6) is 0 Å². The molecular weight excluding hydrogens is 196 g/mol. The molecule has 0 spiro atoms. The third kappa shape index (κ3) is 1.83. The van der Waals surface area contributed by atoms with Gasteiger partial charge >= 0.3 is 0 Å². The Morgan fingerprint density at radius 1 is 1.13 bits per heavy atom. The van der Waals surface area contributed by atoms with E-state index >= 15 is 0 Å². The Balaban J connectivity index is 2.71. The number of fused-ring (bicyclic) bond motifs is 1. The smallest absolute Gasteiger partial charge is 0.133 e. The van der Waals surface area contributed by atoms with Crippen LogP contribution in [0.4, 0.5) is 8.78 Å². The van der Waals surface area contributed by atoms with Crippen molar-refractivity contribution in [3.8, 4) is 0 Å². The van der Waals surface area contributed by atoms with E-state index in [0.717, 1.165) is 11.6 Å². The quantitative estimate of drug-likeness (QED) is 0.763. The maximum atomic E-state index is 13.3. The van der Waals surface area contributed by atoms with Crippen molar-refractivity contribution in [1.29, 1.82) is 0 Å². The van der Waals surface area contributed by atoms with Crippen molar-refractivity contribution in [1.82, 2.24) is 0 Å². The predicted molar refractivity (Wildman–Crippen MR) is 56.5 cm³/mol. The second kappa shape index (κ2) is 3.59. The fourth-order valence-electron chi connectivity index (χ4n) is 1.59. The SMILES string of the molecule is CC(N)c1ccc2c(F)cc(F)cc2c1. The third-order valence-electron chi connectivity index (χ3n) is 2.42. The summed E-state index contributed by atoms with van der Waals surface area (Å²) in [4.78, 5) is 0. The molecule has 0 radical (unpaired) electrons. The summed E-state index contributed by atoms with van der Waals surface area (Å²) in [5.74, 6) is -1.11. The van der Waals surface area contributed by atoms with Crippen LogP contribution in [0.3, 0.4) is 0 Å². The lowest BCUT2D eigenvalue weighted by molar-refractivity contribution is 0.592. The Bertz CT molecular complexity index is 506. The van der Waals surface area contributed by atoms with Crippen LogP contribution in [0.2, 0.25) is 0 Å². The topological polar surface area (TPSA) is 26.0 Å². The van der Waals surface area contributed by atoms with Gasteiger partial charge < -0.3 is 5.73 Å². The fraction of sp³-hybridized carbons (Fsp3) is 0.167. The van der Waals surface area contributed by atoms with E-state index in [1.807, 2.05) is 6.92 Å². The van der Waals surface area contributed by atoms with Gasteiger partial charge in [0.15, 0.2) is 0 Å². The van der Waals surface area contributed by atoms with Crippen molar-refractivity contribution in [3.05, 3.63) is 47.5 Å². The van der Waals surface area contributed by atoms with E-state index in [9.17, 15) is 8.78 Å². The average molecular weight is 207 g/mol. The minimum atomic E-state index is -0.568. The predicted octanol–water partition coefficient (Wildman–Crippen LogP) is 3.14. The summed E-state index contributed by atoms with van der Waals surface area (Å²) >= 11 is 0. The molecule has 15 heavy (non-hydrogen) atoms. The van der Waals surface area contributed by atoms with Crippen molar-refractivity contribution >= 4 is 10.8 Å². The Morgan fingerprint density at radius 2 is 1.87 bits per heavy atom. The molecule has 0 aliphatic heterocycles. The molecule has 0 heterocycles. The zero-order valence-corrected chi connectivity index (χ0v) is 8.30. The van der Waals surface area contributed by atoms with E-state index in [1.54, 1.807) is 18.2 Å². The van der Waals surface area contributed by atoms with E-state index in [0.29, 0.717) is 10.8 Å². The summed E-state index contributed by atoms with van der Waals surface area (Å²) in [6, 6.07) is 7.15. The zero-order valence-electron chi connectivity index (χ0n) is 8.30. The number of rotatable bonds is 1. The summed E-state index contributed by atoms with van der Waals surface area (Å²) in [5, 5.41) is 0.961. The number of nitrogens with two attached hydrogens (primary N) is 1. The van der Waals surface area contributed by atoms with Gasteiger partial charge in [-0.05, 0) is 30.0 Å². The van der Waals surface area contributed by atoms with Crippen LogP contribution in [-0.4, -0.2) is 0 Å². The van der Waals surface area contributed by atoms with Gasteiger partial charge in [0, 0.05) is 17.5 Å². The molecule has 2 rings (SSSR count). The van der Waals surface area contributed by atoms with E-state index in [4.69, 9.17) is 5.73 Å². The van der Waals surface area contributed by atoms with Crippen LogP contribution in [0.15, 0.2) is 30.3 Å². The van der Waals surface area contributed by atoms with Gasteiger partial charge in [-0.15, -0.1) is 0 Å². The molecule has 2 aromatic carbocycles. The molecule has 2 N–H and O–H groups in total. The lowest BCUT2D eigenvalue weighted by Crippen LogP contribution is -2.04. The number of hydrogen-bond donors (Lipinski definition) is 1. The normalized spacial score (nSPS) is 13.1. The summed E-state index contributed by atoms with van der Waals surface area (Å²) in [6.45, 7) is 1.83. The van der Waals surface area contributed by atoms with Crippen LogP contribution in [0, 0.1) is 11.6 Å². The molecule has 0 saturated carbocycles. The zero-order chi connectivity index (χ0) is 11.0. The average Bonchev–Trinajstić information content (AvgIpc) is 2.16. The van der Waals surface area contributed by atoms with Crippen molar-refractivity contribution < 1.29 is 8.78 Å². The first-order chi connectivity index (χ1) is 7.08. The van der Waals surface area contributed by atoms with Gasteiger partial charge in [0.2, 0.25) is 0 Å². The highest BCUT2D eigenvalue weighted by Crippen LogP contribution is 2.22. The molecule has 1 nitrogen and oxygen atoms in total. The highest BCUT2D eigenvalue weighted by atomic mass is 19.1. The maximum Gasteiger partial charge on any atom is 0.133 e. The Labute approximate surface area is 86.5 Å². The minimum absolute atomic E-state index is 0.138. The molecule has 1 unspecified atom stereocenters. The van der Waals surface area contributed by atoms with Crippen LogP contribution in [0.25, 0.3) is 10.8 Å². The summed E-state index contributed by atoms with van der Waals surface area (Å²) in [7, 11) is 0. The summed E-state index contributed by atoms with van der Waals surface area (Å²) < 4.78 is 26.3. The van der Waals surface area contributed by atoms with Crippen molar-refractivity contribution in [2.75, 3.05) is 0 Å². The first-order valence-electron chi connectivity index (χ1n) is 4.72. The van der Waals surface area contributed by atoms with Gasteiger partial charge in [0.05, 0.1) is 0 Å². The van der Waals surface area contributed by atoms with E-state index in [2.05, 4.69) is 0 Å². The second-order valence-corrected chi connectivity index (χ2v) is 3.66. The first-order valence-corrected chi connectivity index (χ1v) is 4.72. The molecule has 0 aliphatic rings. The molecule has 0 aliphatic carbocycles. The van der Waals surface area contributed by atoms with Gasteiger partial charge in [-0.3, -0.25) is 0 Å². The first kappa shape index (κ1) is 10.1. The summed E-state index contributed by atoms with van der Waals surface area (Å²) in [5.41, 5.74) is 6.56. The number of halogens is 2. The number of benzene rings is 2. The Hall–Kier alpha value is -1.48. The lowest BCUT2D eigenvalue weighted by atomic mass is 10.0. The highest BCUT2D eigenvalue weighted by molar-refractivity contribution is 5.83. The van der Waals surface area contributed by atoms with Crippen LogP contribution < -0.4 is 5.73 Å². The second-order valence-electron chi connectivity index (χ2n) is 3.66. The molecule has 0 fully saturated rings. The number of hydrogen-bond acceptors (Lipinski definition) is 1. The van der Waals surface area contributed by atoms with E-state index < -0.39 is 11.6 Å². The monoisotopic (exact) mass is 207 g/mol. The fourth-order valence-corrected chi connectivity index (χ4v) is 1.59. The molecular formula is C12H11F2N. The van der Waals surface area contributed by atoms with Gasteiger partial charge in [-0.25, -0.2) is 8.78 Å². The van der Waals surface area contributed by atoms with Crippen molar-refractivity contribution in [3.63, 3.8) is 0 Å². The molecule has 0 bridgehead atoms. The molecule has 0 aromatic heterocycles. The highest BCUT2D eigenvalue weighted by Gasteiger charge is 2.06. The lowest BCUT2D eigenvalue weighted by Gasteiger charge is -2.07. The van der Waals surface area contributed by atoms with Crippen LogP contribution in [-0.2, 0) is 0 Å². The molecule has 0 amide bonds.